The minimum atomic E-state index is 0.446. The Bertz CT molecular complexity index is 240. The largest absolute Gasteiger partial charge is 0.381 e. The van der Waals surface area contributed by atoms with Crippen LogP contribution in [0.25, 0.3) is 0 Å². The molecule has 1 heterocycles. The summed E-state index contributed by atoms with van der Waals surface area (Å²) >= 11 is 0. The van der Waals surface area contributed by atoms with E-state index in [9.17, 15) is 0 Å². The topological polar surface area (TPSA) is 21.3 Å². The minimum absolute atomic E-state index is 0.446. The highest BCUT2D eigenvalue weighted by molar-refractivity contribution is 4.88. The van der Waals surface area contributed by atoms with Crippen LogP contribution in [0.15, 0.2) is 0 Å². The maximum Gasteiger partial charge on any atom is 0.0506 e. The van der Waals surface area contributed by atoms with Crippen molar-refractivity contribution >= 4 is 0 Å². The quantitative estimate of drug-likeness (QED) is 0.829. The summed E-state index contributed by atoms with van der Waals surface area (Å²) < 4.78 is 5.58. The molecule has 2 heteroatoms. The summed E-state index contributed by atoms with van der Waals surface area (Å²) in [7, 11) is 0. The van der Waals surface area contributed by atoms with E-state index in [1.165, 1.54) is 38.5 Å². The van der Waals surface area contributed by atoms with Crippen molar-refractivity contribution in [3.63, 3.8) is 0 Å². The predicted octanol–water partition coefficient (Wildman–Crippen LogP) is 3.61. The van der Waals surface area contributed by atoms with E-state index in [0.29, 0.717) is 5.41 Å². The Hall–Kier alpha value is -0.0800. The molecule has 3 atom stereocenters. The van der Waals surface area contributed by atoms with Gasteiger partial charge in [-0.1, -0.05) is 33.6 Å². The lowest BCUT2D eigenvalue weighted by atomic mass is 9.69. The lowest BCUT2D eigenvalue weighted by Gasteiger charge is -2.41. The van der Waals surface area contributed by atoms with Gasteiger partial charge in [0.05, 0.1) is 6.61 Å². The van der Waals surface area contributed by atoms with Gasteiger partial charge in [-0.3, -0.25) is 0 Å². The van der Waals surface area contributed by atoms with Gasteiger partial charge in [0, 0.05) is 19.2 Å². The normalized spacial score (nSPS) is 34.5. The number of nitrogens with one attached hydrogen (secondary N) is 1. The molecule has 1 saturated carbocycles. The Morgan fingerprint density at radius 3 is 2.50 bits per heavy atom. The van der Waals surface area contributed by atoms with Gasteiger partial charge in [0.2, 0.25) is 0 Å². The van der Waals surface area contributed by atoms with Crippen LogP contribution in [0.5, 0.6) is 0 Å². The summed E-state index contributed by atoms with van der Waals surface area (Å²) in [5.74, 6) is 1.59. The van der Waals surface area contributed by atoms with Crippen molar-refractivity contribution in [3.05, 3.63) is 0 Å². The zero-order valence-corrected chi connectivity index (χ0v) is 12.5. The molecule has 3 unspecified atom stereocenters. The van der Waals surface area contributed by atoms with E-state index in [1.54, 1.807) is 0 Å². The van der Waals surface area contributed by atoms with Crippen LogP contribution >= 0.6 is 0 Å². The molecule has 1 saturated heterocycles. The van der Waals surface area contributed by atoms with Crippen molar-refractivity contribution < 1.29 is 4.74 Å². The molecule has 0 aromatic heterocycles. The molecule has 2 nitrogen and oxygen atoms in total. The van der Waals surface area contributed by atoms with Crippen molar-refractivity contribution in [3.8, 4) is 0 Å². The maximum absolute atomic E-state index is 5.58. The molecule has 18 heavy (non-hydrogen) atoms. The number of hydrogen-bond acceptors (Lipinski definition) is 2. The average Bonchev–Trinajstić information content (AvgIpc) is 2.37. The van der Waals surface area contributed by atoms with E-state index in [4.69, 9.17) is 4.74 Å². The summed E-state index contributed by atoms with van der Waals surface area (Å²) in [6.07, 6.45) is 8.20. The first-order valence-corrected chi connectivity index (χ1v) is 7.88. The molecule has 1 aliphatic heterocycles. The van der Waals surface area contributed by atoms with E-state index >= 15 is 0 Å². The molecule has 2 rings (SSSR count). The summed E-state index contributed by atoms with van der Waals surface area (Å²) in [6.45, 7) is 10.3. The Balaban J connectivity index is 1.81. The van der Waals surface area contributed by atoms with Crippen LogP contribution < -0.4 is 5.32 Å². The minimum Gasteiger partial charge on any atom is -0.381 e. The third-order valence-electron chi connectivity index (χ3n) is 4.80. The zero-order valence-electron chi connectivity index (χ0n) is 12.5. The highest BCUT2D eigenvalue weighted by atomic mass is 16.5. The van der Waals surface area contributed by atoms with Crippen LogP contribution in [0.3, 0.4) is 0 Å². The maximum atomic E-state index is 5.58. The van der Waals surface area contributed by atoms with E-state index in [-0.39, 0.29) is 0 Å². The Kier molecular flexibility index (Phi) is 5.08. The second kappa shape index (κ2) is 6.38. The SMILES string of the molecule is CC(C)(C)C1CCCCC1NCC1CCCOC1. The van der Waals surface area contributed by atoms with Gasteiger partial charge in [-0.15, -0.1) is 0 Å². The highest BCUT2D eigenvalue weighted by Crippen LogP contribution is 2.38. The van der Waals surface area contributed by atoms with Crippen molar-refractivity contribution in [1.82, 2.24) is 5.32 Å². The van der Waals surface area contributed by atoms with Crippen molar-refractivity contribution in [2.45, 2.75) is 65.3 Å². The van der Waals surface area contributed by atoms with E-state index in [2.05, 4.69) is 26.1 Å². The molecule has 1 N–H and O–H groups in total. The molecule has 0 radical (unpaired) electrons. The molecule has 0 spiro atoms. The smallest absolute Gasteiger partial charge is 0.0506 e. The van der Waals surface area contributed by atoms with Gasteiger partial charge in [0.1, 0.15) is 0 Å². The Morgan fingerprint density at radius 2 is 1.83 bits per heavy atom. The summed E-state index contributed by atoms with van der Waals surface area (Å²) in [5.41, 5.74) is 0.446. The second-order valence-electron chi connectivity index (χ2n) is 7.35. The third kappa shape index (κ3) is 3.96. The lowest BCUT2D eigenvalue weighted by molar-refractivity contribution is 0.0487. The van der Waals surface area contributed by atoms with E-state index in [0.717, 1.165) is 37.6 Å². The number of ether oxygens (including phenoxy) is 1. The highest BCUT2D eigenvalue weighted by Gasteiger charge is 2.34. The molecular formula is C16H31NO. The molecule has 2 fully saturated rings. The number of rotatable bonds is 3. The van der Waals surface area contributed by atoms with Gasteiger partial charge in [0.25, 0.3) is 0 Å². The summed E-state index contributed by atoms with van der Waals surface area (Å²) in [4.78, 5) is 0. The molecule has 0 amide bonds. The molecule has 0 bridgehead atoms. The van der Waals surface area contributed by atoms with Crippen LogP contribution in [0, 0.1) is 17.3 Å². The van der Waals surface area contributed by atoms with Gasteiger partial charge >= 0.3 is 0 Å². The molecule has 1 aliphatic carbocycles. The van der Waals surface area contributed by atoms with E-state index < -0.39 is 0 Å². The first-order chi connectivity index (χ1) is 8.57. The molecule has 2 aliphatic rings. The van der Waals surface area contributed by atoms with Gasteiger partial charge in [0.15, 0.2) is 0 Å². The van der Waals surface area contributed by atoms with Gasteiger partial charge in [-0.05, 0) is 42.9 Å². The lowest BCUT2D eigenvalue weighted by Crippen LogP contribution is -2.46. The van der Waals surface area contributed by atoms with Gasteiger partial charge in [-0.2, -0.15) is 0 Å². The second-order valence-corrected chi connectivity index (χ2v) is 7.35. The van der Waals surface area contributed by atoms with Gasteiger partial charge in [-0.25, -0.2) is 0 Å². The standard InChI is InChI=1S/C16H31NO/c1-16(2,3)14-8-4-5-9-15(14)17-11-13-7-6-10-18-12-13/h13-15,17H,4-12H2,1-3H3. The molecular weight excluding hydrogens is 222 g/mol. The Labute approximate surface area is 113 Å². The summed E-state index contributed by atoms with van der Waals surface area (Å²) in [6, 6.07) is 0.737. The predicted molar refractivity (Wildman–Crippen MR) is 76.7 cm³/mol. The molecule has 106 valence electrons. The molecule has 0 aromatic carbocycles. The third-order valence-corrected chi connectivity index (χ3v) is 4.80. The van der Waals surface area contributed by atoms with Crippen LogP contribution in [-0.2, 0) is 4.74 Å². The average molecular weight is 253 g/mol. The van der Waals surface area contributed by atoms with Crippen LogP contribution in [0.1, 0.15) is 59.3 Å². The van der Waals surface area contributed by atoms with Crippen LogP contribution in [-0.4, -0.2) is 25.8 Å². The monoisotopic (exact) mass is 253 g/mol. The van der Waals surface area contributed by atoms with Crippen molar-refractivity contribution in [2.75, 3.05) is 19.8 Å². The number of hydrogen-bond donors (Lipinski definition) is 1. The first-order valence-electron chi connectivity index (χ1n) is 7.88. The summed E-state index contributed by atoms with van der Waals surface area (Å²) in [5, 5.41) is 3.87. The Morgan fingerprint density at radius 1 is 1.06 bits per heavy atom. The van der Waals surface area contributed by atoms with Crippen molar-refractivity contribution in [1.29, 1.82) is 0 Å². The van der Waals surface area contributed by atoms with Gasteiger partial charge < -0.3 is 10.1 Å². The van der Waals surface area contributed by atoms with Crippen LogP contribution in [0.2, 0.25) is 0 Å². The fraction of sp³-hybridized carbons (Fsp3) is 1.00. The van der Waals surface area contributed by atoms with E-state index in [1.807, 2.05) is 0 Å². The zero-order chi connectivity index (χ0) is 13.0. The first kappa shape index (κ1) is 14.3. The van der Waals surface area contributed by atoms with Crippen molar-refractivity contribution in [2.24, 2.45) is 17.3 Å². The van der Waals surface area contributed by atoms with Crippen LogP contribution in [0.4, 0.5) is 0 Å². The fourth-order valence-corrected chi connectivity index (χ4v) is 3.70. The fourth-order valence-electron chi connectivity index (χ4n) is 3.70. The molecule has 0 aromatic rings.